The molecule has 3 heteroatoms. The highest BCUT2D eigenvalue weighted by Gasteiger charge is 2.07. The molecule has 0 spiro atoms. The van der Waals surface area contributed by atoms with Crippen molar-refractivity contribution in [2.24, 2.45) is 0 Å². The van der Waals surface area contributed by atoms with Crippen LogP contribution in [-0.4, -0.2) is 5.97 Å². The Balaban J connectivity index is 3.10. The highest BCUT2D eigenvalue weighted by molar-refractivity contribution is 6.32. The summed E-state index contributed by atoms with van der Waals surface area (Å²) in [6.45, 7) is 5.10. The van der Waals surface area contributed by atoms with Crippen LogP contribution in [0.3, 0.4) is 0 Å². The first-order valence-corrected chi connectivity index (χ1v) is 4.34. The molecule has 1 rings (SSSR count). The highest BCUT2D eigenvalue weighted by atomic mass is 35.5. The van der Waals surface area contributed by atoms with Gasteiger partial charge in [-0.05, 0) is 25.5 Å². The normalized spacial score (nSPS) is 9.85. The van der Waals surface area contributed by atoms with E-state index in [0.717, 1.165) is 11.1 Å². The van der Waals surface area contributed by atoms with Crippen molar-refractivity contribution in [2.45, 2.75) is 20.8 Å². The molecule has 1 aromatic rings. The Morgan fingerprint density at radius 3 is 2.54 bits per heavy atom. The summed E-state index contributed by atoms with van der Waals surface area (Å²) < 4.78 is 4.96. The number of rotatable bonds is 1. The van der Waals surface area contributed by atoms with Crippen LogP contribution in [0.4, 0.5) is 0 Å². The van der Waals surface area contributed by atoms with Crippen LogP contribution >= 0.6 is 11.6 Å². The van der Waals surface area contributed by atoms with Gasteiger partial charge in [0, 0.05) is 12.5 Å². The first-order valence-electron chi connectivity index (χ1n) is 3.96. The second-order valence-corrected chi connectivity index (χ2v) is 3.29. The monoisotopic (exact) mass is 198 g/mol. The number of ether oxygens (including phenoxy) is 1. The summed E-state index contributed by atoms with van der Waals surface area (Å²) in [5, 5.41) is 0.652. The van der Waals surface area contributed by atoms with Gasteiger partial charge in [0.2, 0.25) is 0 Å². The third-order valence-corrected chi connectivity index (χ3v) is 2.37. The summed E-state index contributed by atoms with van der Waals surface area (Å²) >= 11 is 5.97. The molecule has 0 heterocycles. The Bertz CT molecular complexity index is 345. The lowest BCUT2D eigenvalue weighted by Crippen LogP contribution is -2.03. The maximum atomic E-state index is 10.7. The zero-order valence-corrected chi connectivity index (χ0v) is 8.61. The van der Waals surface area contributed by atoms with Crippen LogP contribution in [0.15, 0.2) is 12.1 Å². The van der Waals surface area contributed by atoms with Crippen LogP contribution in [0.1, 0.15) is 18.1 Å². The fraction of sp³-hybridized carbons (Fsp3) is 0.300. The van der Waals surface area contributed by atoms with Gasteiger partial charge in [0.05, 0.1) is 5.02 Å². The first kappa shape index (κ1) is 10.1. The van der Waals surface area contributed by atoms with Crippen molar-refractivity contribution in [3.63, 3.8) is 0 Å². The second kappa shape index (κ2) is 3.79. The molecule has 0 amide bonds. The van der Waals surface area contributed by atoms with Gasteiger partial charge in [0.15, 0.2) is 0 Å². The molecule has 0 aliphatic carbocycles. The highest BCUT2D eigenvalue weighted by Crippen LogP contribution is 2.28. The van der Waals surface area contributed by atoms with Crippen molar-refractivity contribution < 1.29 is 9.53 Å². The van der Waals surface area contributed by atoms with Crippen molar-refractivity contribution in [3.05, 3.63) is 28.3 Å². The van der Waals surface area contributed by atoms with Gasteiger partial charge in [-0.3, -0.25) is 4.79 Å². The molecule has 0 radical (unpaired) electrons. The number of carbonyl (C=O) groups is 1. The predicted molar refractivity (Wildman–Crippen MR) is 52.2 cm³/mol. The van der Waals surface area contributed by atoms with E-state index in [0.29, 0.717) is 10.8 Å². The number of esters is 1. The summed E-state index contributed by atoms with van der Waals surface area (Å²) in [6, 6.07) is 3.57. The molecule has 0 aliphatic rings. The average molecular weight is 199 g/mol. The lowest BCUT2D eigenvalue weighted by molar-refractivity contribution is -0.131. The molecule has 0 saturated carbocycles. The molecule has 0 aliphatic heterocycles. The molecule has 70 valence electrons. The van der Waals surface area contributed by atoms with Gasteiger partial charge >= 0.3 is 5.97 Å². The Labute approximate surface area is 82.5 Å². The van der Waals surface area contributed by atoms with Gasteiger partial charge in [-0.25, -0.2) is 0 Å². The minimum atomic E-state index is -0.331. The summed E-state index contributed by atoms with van der Waals surface area (Å²) in [7, 11) is 0. The summed E-state index contributed by atoms with van der Waals surface area (Å²) in [4.78, 5) is 10.7. The fourth-order valence-corrected chi connectivity index (χ4v) is 1.22. The van der Waals surface area contributed by atoms with E-state index in [1.165, 1.54) is 6.92 Å². The molecule has 1 aromatic carbocycles. The number of hydrogen-bond acceptors (Lipinski definition) is 2. The van der Waals surface area contributed by atoms with Crippen molar-refractivity contribution in [2.75, 3.05) is 0 Å². The van der Waals surface area contributed by atoms with E-state index in [4.69, 9.17) is 16.3 Å². The zero-order chi connectivity index (χ0) is 10.0. The average Bonchev–Trinajstić information content (AvgIpc) is 2.06. The van der Waals surface area contributed by atoms with Crippen molar-refractivity contribution in [1.29, 1.82) is 0 Å². The van der Waals surface area contributed by atoms with Crippen molar-refractivity contribution in [1.82, 2.24) is 0 Å². The van der Waals surface area contributed by atoms with Crippen LogP contribution in [0.25, 0.3) is 0 Å². The van der Waals surface area contributed by atoms with Crippen LogP contribution in [0.5, 0.6) is 5.75 Å². The minimum absolute atomic E-state index is 0.331. The molecule has 0 fully saturated rings. The van der Waals surface area contributed by atoms with Gasteiger partial charge in [0.1, 0.15) is 5.75 Å². The molecule has 0 atom stereocenters. The van der Waals surface area contributed by atoms with Crippen LogP contribution in [-0.2, 0) is 4.79 Å². The van der Waals surface area contributed by atoms with Gasteiger partial charge < -0.3 is 4.74 Å². The third-order valence-electron chi connectivity index (χ3n) is 1.78. The molecule has 0 saturated heterocycles. The van der Waals surface area contributed by atoms with Crippen LogP contribution < -0.4 is 4.74 Å². The molecule has 0 N–H and O–H groups in total. The largest absolute Gasteiger partial charge is 0.426 e. The van der Waals surface area contributed by atoms with E-state index < -0.39 is 0 Å². The summed E-state index contributed by atoms with van der Waals surface area (Å²) in [5.41, 5.74) is 1.78. The molecule has 0 aromatic heterocycles. The molecule has 13 heavy (non-hydrogen) atoms. The van der Waals surface area contributed by atoms with Gasteiger partial charge in [-0.2, -0.15) is 0 Å². The number of benzene rings is 1. The SMILES string of the molecule is CC(=O)Oc1ccc(C)c(Cl)c1C. The Kier molecular flexibility index (Phi) is 2.94. The maximum absolute atomic E-state index is 10.7. The lowest BCUT2D eigenvalue weighted by Gasteiger charge is -2.08. The number of hydrogen-bond donors (Lipinski definition) is 0. The van der Waals surface area contributed by atoms with E-state index in [9.17, 15) is 4.79 Å². The molecular formula is C10H11ClO2. The second-order valence-electron chi connectivity index (χ2n) is 2.91. The van der Waals surface area contributed by atoms with Crippen LogP contribution in [0, 0.1) is 13.8 Å². The number of aryl methyl sites for hydroxylation is 1. The first-order chi connectivity index (χ1) is 6.02. The summed E-state index contributed by atoms with van der Waals surface area (Å²) in [6.07, 6.45) is 0. The van der Waals surface area contributed by atoms with Gasteiger partial charge in [-0.1, -0.05) is 17.7 Å². The molecular weight excluding hydrogens is 188 g/mol. The van der Waals surface area contributed by atoms with E-state index >= 15 is 0 Å². The zero-order valence-electron chi connectivity index (χ0n) is 7.85. The van der Waals surface area contributed by atoms with Crippen molar-refractivity contribution in [3.8, 4) is 5.75 Å². The molecule has 0 unspecified atom stereocenters. The van der Waals surface area contributed by atoms with Gasteiger partial charge in [0.25, 0.3) is 0 Å². The van der Waals surface area contributed by atoms with Crippen molar-refractivity contribution >= 4 is 17.6 Å². The molecule has 2 nitrogen and oxygen atoms in total. The van der Waals surface area contributed by atoms with E-state index in [2.05, 4.69) is 0 Å². The number of halogens is 1. The summed E-state index contributed by atoms with van der Waals surface area (Å²) in [5.74, 6) is 0.200. The van der Waals surface area contributed by atoms with E-state index in [1.54, 1.807) is 6.07 Å². The van der Waals surface area contributed by atoms with Gasteiger partial charge in [-0.15, -0.1) is 0 Å². The number of carbonyl (C=O) groups excluding carboxylic acids is 1. The fourth-order valence-electron chi connectivity index (χ4n) is 1.07. The van der Waals surface area contributed by atoms with E-state index in [1.807, 2.05) is 19.9 Å². The minimum Gasteiger partial charge on any atom is -0.426 e. The van der Waals surface area contributed by atoms with E-state index in [-0.39, 0.29) is 5.97 Å². The quantitative estimate of drug-likeness (QED) is 0.512. The lowest BCUT2D eigenvalue weighted by atomic mass is 10.1. The topological polar surface area (TPSA) is 26.3 Å². The van der Waals surface area contributed by atoms with Crippen LogP contribution in [0.2, 0.25) is 5.02 Å². The third kappa shape index (κ3) is 2.22. The smallest absolute Gasteiger partial charge is 0.308 e. The Morgan fingerprint density at radius 2 is 2.00 bits per heavy atom. The predicted octanol–water partition coefficient (Wildman–Crippen LogP) is 2.88. The standard InChI is InChI=1S/C10H11ClO2/c1-6-4-5-9(13-8(3)12)7(2)10(6)11/h4-5H,1-3H3. The Morgan fingerprint density at radius 1 is 1.38 bits per heavy atom. The maximum Gasteiger partial charge on any atom is 0.308 e. The molecule has 0 bridgehead atoms. The Hall–Kier alpha value is -1.02.